The van der Waals surface area contributed by atoms with Gasteiger partial charge >= 0.3 is 0 Å². The Morgan fingerprint density at radius 3 is 2.74 bits per heavy atom. The van der Waals surface area contributed by atoms with Gasteiger partial charge in [-0.15, -0.1) is 11.8 Å². The maximum Gasteiger partial charge on any atom is 0.230 e. The van der Waals surface area contributed by atoms with Gasteiger partial charge in [0.05, 0.1) is 5.75 Å². The van der Waals surface area contributed by atoms with Gasteiger partial charge in [-0.2, -0.15) is 0 Å². The summed E-state index contributed by atoms with van der Waals surface area (Å²) in [6, 6.07) is 8.23. The van der Waals surface area contributed by atoms with Crippen LogP contribution in [0.5, 0.6) is 0 Å². The third-order valence-corrected chi connectivity index (χ3v) is 4.16. The van der Waals surface area contributed by atoms with Crippen molar-refractivity contribution in [3.8, 4) is 0 Å². The van der Waals surface area contributed by atoms with Gasteiger partial charge in [-0.25, -0.2) is 0 Å². The first kappa shape index (κ1) is 14.2. The molecule has 19 heavy (non-hydrogen) atoms. The van der Waals surface area contributed by atoms with Gasteiger partial charge in [0.2, 0.25) is 5.91 Å². The van der Waals surface area contributed by atoms with Gasteiger partial charge in [-0.05, 0) is 25.5 Å². The van der Waals surface area contributed by atoms with Crippen LogP contribution in [0.15, 0.2) is 41.3 Å². The zero-order chi connectivity index (χ0) is 13.7. The fourth-order valence-corrected chi connectivity index (χ4v) is 2.76. The Bertz CT molecular complexity index is 456. The molecule has 1 aromatic rings. The van der Waals surface area contributed by atoms with Gasteiger partial charge in [-0.3, -0.25) is 4.79 Å². The maximum absolute atomic E-state index is 11.8. The highest BCUT2D eigenvalue weighted by Gasteiger charge is 2.19. The van der Waals surface area contributed by atoms with Crippen molar-refractivity contribution in [2.45, 2.75) is 24.3 Å². The van der Waals surface area contributed by atoms with Crippen molar-refractivity contribution >= 4 is 17.7 Å². The number of nitrogens with one attached hydrogen (secondary N) is 1. The molecule has 0 aromatic heterocycles. The minimum atomic E-state index is 0.0406. The quantitative estimate of drug-likeness (QED) is 0.640. The molecule has 1 aliphatic carbocycles. The average Bonchev–Trinajstić information content (AvgIpc) is 2.86. The van der Waals surface area contributed by atoms with Crippen LogP contribution in [0.25, 0.3) is 0 Å². The molecule has 0 bridgehead atoms. The third kappa shape index (κ3) is 4.40. The lowest BCUT2D eigenvalue weighted by molar-refractivity contribution is -0.119. The Balaban J connectivity index is 1.73. The Kier molecular flexibility index (Phi) is 5.05. The Morgan fingerprint density at radius 2 is 2.11 bits per heavy atom. The second kappa shape index (κ2) is 6.78. The van der Waals surface area contributed by atoms with Crippen LogP contribution in [-0.4, -0.2) is 29.4 Å². The molecule has 0 unspecified atom stereocenters. The van der Waals surface area contributed by atoms with Crippen molar-refractivity contribution < 1.29 is 9.90 Å². The normalized spacial score (nSPS) is 21.6. The van der Waals surface area contributed by atoms with Crippen LogP contribution >= 0.6 is 11.8 Å². The third-order valence-electron chi connectivity index (χ3n) is 3.14. The van der Waals surface area contributed by atoms with E-state index >= 15 is 0 Å². The zero-order valence-corrected chi connectivity index (χ0v) is 11.8. The second-order valence-corrected chi connectivity index (χ2v) is 5.89. The molecular formula is C15H19NO2S. The van der Waals surface area contributed by atoms with Crippen molar-refractivity contribution in [2.24, 2.45) is 5.92 Å². The summed E-state index contributed by atoms with van der Waals surface area (Å²) in [6.07, 6.45) is 4.74. The smallest absolute Gasteiger partial charge is 0.230 e. The molecule has 4 heteroatoms. The summed E-state index contributed by atoms with van der Waals surface area (Å²) in [5.41, 5.74) is 1.22. The molecule has 2 rings (SSSR count). The van der Waals surface area contributed by atoms with E-state index in [1.165, 1.54) is 5.56 Å². The summed E-state index contributed by atoms with van der Waals surface area (Å²) in [6.45, 7) is 2.20. The van der Waals surface area contributed by atoms with E-state index in [-0.39, 0.29) is 24.5 Å². The molecule has 0 saturated heterocycles. The fraction of sp³-hybridized carbons (Fsp3) is 0.400. The summed E-state index contributed by atoms with van der Waals surface area (Å²) in [5, 5.41) is 12.0. The van der Waals surface area contributed by atoms with Crippen LogP contribution in [0, 0.1) is 12.8 Å². The predicted molar refractivity (Wildman–Crippen MR) is 78.2 cm³/mol. The van der Waals surface area contributed by atoms with Crippen LogP contribution in [0.1, 0.15) is 12.0 Å². The highest BCUT2D eigenvalue weighted by atomic mass is 32.2. The van der Waals surface area contributed by atoms with E-state index in [0.717, 1.165) is 11.3 Å². The fourth-order valence-electron chi connectivity index (χ4n) is 2.05. The monoisotopic (exact) mass is 277 g/mol. The number of benzene rings is 1. The summed E-state index contributed by atoms with van der Waals surface area (Å²) < 4.78 is 0. The highest BCUT2D eigenvalue weighted by molar-refractivity contribution is 8.00. The van der Waals surface area contributed by atoms with E-state index in [4.69, 9.17) is 5.11 Å². The van der Waals surface area contributed by atoms with Gasteiger partial charge < -0.3 is 10.4 Å². The number of thioether (sulfide) groups is 1. The molecule has 2 N–H and O–H groups in total. The second-order valence-electron chi connectivity index (χ2n) is 4.84. The van der Waals surface area contributed by atoms with E-state index in [2.05, 4.69) is 5.32 Å². The molecule has 2 atom stereocenters. The van der Waals surface area contributed by atoms with Gasteiger partial charge in [-0.1, -0.05) is 29.8 Å². The summed E-state index contributed by atoms with van der Waals surface area (Å²) in [7, 11) is 0. The maximum atomic E-state index is 11.8. The molecule has 0 aliphatic heterocycles. The van der Waals surface area contributed by atoms with Gasteiger partial charge in [0.1, 0.15) is 0 Å². The molecule has 0 spiro atoms. The zero-order valence-electron chi connectivity index (χ0n) is 11.0. The number of rotatable bonds is 5. The topological polar surface area (TPSA) is 49.3 Å². The Morgan fingerprint density at radius 1 is 1.37 bits per heavy atom. The molecule has 102 valence electrons. The van der Waals surface area contributed by atoms with E-state index in [9.17, 15) is 4.79 Å². The standard InChI is InChI=1S/C15H19NO2S/c1-11-2-6-14(7-3-11)19-10-15(18)16-13-5-4-12(8-13)9-17/h2-7,12-13,17H,8-10H2,1H3,(H,16,18)/t12-,13+/m0/s1. The molecular weight excluding hydrogens is 258 g/mol. The molecule has 3 nitrogen and oxygen atoms in total. The number of carbonyl (C=O) groups excluding carboxylic acids is 1. The highest BCUT2D eigenvalue weighted by Crippen LogP contribution is 2.19. The number of carbonyl (C=O) groups is 1. The van der Waals surface area contributed by atoms with Gasteiger partial charge in [0.25, 0.3) is 0 Å². The largest absolute Gasteiger partial charge is 0.396 e. The van der Waals surface area contributed by atoms with Crippen LogP contribution < -0.4 is 5.32 Å². The molecule has 1 aliphatic rings. The number of aryl methyl sites for hydroxylation is 1. The summed E-state index contributed by atoms with van der Waals surface area (Å²) >= 11 is 1.54. The number of hydrogen-bond donors (Lipinski definition) is 2. The lowest BCUT2D eigenvalue weighted by Crippen LogP contribution is -2.34. The molecule has 1 amide bonds. The van der Waals surface area contributed by atoms with Crippen molar-refractivity contribution in [3.05, 3.63) is 42.0 Å². The van der Waals surface area contributed by atoms with E-state index in [1.54, 1.807) is 11.8 Å². The summed E-state index contributed by atoms with van der Waals surface area (Å²) in [4.78, 5) is 12.9. The number of amides is 1. The number of aliphatic hydroxyl groups is 1. The summed E-state index contributed by atoms with van der Waals surface area (Å²) in [5.74, 6) is 0.658. The van der Waals surface area contributed by atoms with Crippen LogP contribution in [-0.2, 0) is 4.79 Å². The lowest BCUT2D eigenvalue weighted by Gasteiger charge is -2.12. The predicted octanol–water partition coefficient (Wildman–Crippen LogP) is 2.14. The van der Waals surface area contributed by atoms with Crippen LogP contribution in [0.3, 0.4) is 0 Å². The first-order valence-electron chi connectivity index (χ1n) is 6.45. The molecule has 0 fully saturated rings. The van der Waals surface area contributed by atoms with Crippen molar-refractivity contribution in [2.75, 3.05) is 12.4 Å². The van der Waals surface area contributed by atoms with Crippen molar-refractivity contribution in [3.63, 3.8) is 0 Å². The minimum Gasteiger partial charge on any atom is -0.396 e. The van der Waals surface area contributed by atoms with Gasteiger partial charge in [0, 0.05) is 23.5 Å². The van der Waals surface area contributed by atoms with Crippen LogP contribution in [0.4, 0.5) is 0 Å². The molecule has 0 saturated carbocycles. The van der Waals surface area contributed by atoms with Crippen molar-refractivity contribution in [1.29, 1.82) is 0 Å². The SMILES string of the molecule is Cc1ccc(SCC(=O)N[C@@H]2C=C[C@H](CO)C2)cc1. The number of hydrogen-bond acceptors (Lipinski definition) is 3. The lowest BCUT2D eigenvalue weighted by atomic mass is 10.1. The molecule has 0 radical (unpaired) electrons. The first-order chi connectivity index (χ1) is 9.17. The Labute approximate surface area is 118 Å². The van der Waals surface area contributed by atoms with Crippen molar-refractivity contribution in [1.82, 2.24) is 5.32 Å². The van der Waals surface area contributed by atoms with E-state index in [1.807, 2.05) is 43.3 Å². The average molecular weight is 277 g/mol. The van der Waals surface area contributed by atoms with Crippen LogP contribution in [0.2, 0.25) is 0 Å². The molecule has 1 aromatic carbocycles. The van der Waals surface area contributed by atoms with E-state index in [0.29, 0.717) is 5.75 Å². The van der Waals surface area contributed by atoms with E-state index < -0.39 is 0 Å². The number of aliphatic hydroxyl groups excluding tert-OH is 1. The van der Waals surface area contributed by atoms with Gasteiger partial charge in [0.15, 0.2) is 0 Å². The minimum absolute atomic E-state index is 0.0406. The Hall–Kier alpha value is -1.26. The molecule has 0 heterocycles. The first-order valence-corrected chi connectivity index (χ1v) is 7.44.